The molecular weight excluding hydrogens is 241 g/mol. The number of hydrogen-bond donors (Lipinski definition) is 0. The summed E-state index contributed by atoms with van der Waals surface area (Å²) in [6.07, 6.45) is 2.05. The molecule has 0 aromatic heterocycles. The first-order valence-corrected chi connectivity index (χ1v) is 4.65. The SMILES string of the molecule is COc1cc(Cl)cc(Cl)c1/C=C/[N+](=O)[O-]. The molecule has 80 valence electrons. The zero-order chi connectivity index (χ0) is 11.4. The molecule has 1 aromatic rings. The molecule has 0 aliphatic carbocycles. The third-order valence-corrected chi connectivity index (χ3v) is 2.17. The minimum atomic E-state index is -0.579. The molecular formula is C9H7Cl2NO3. The highest BCUT2D eigenvalue weighted by molar-refractivity contribution is 6.35. The van der Waals surface area contributed by atoms with E-state index in [9.17, 15) is 10.1 Å². The fourth-order valence-electron chi connectivity index (χ4n) is 1.03. The average molecular weight is 248 g/mol. The monoisotopic (exact) mass is 247 g/mol. The summed E-state index contributed by atoms with van der Waals surface area (Å²) >= 11 is 11.6. The van der Waals surface area contributed by atoms with Gasteiger partial charge in [0.25, 0.3) is 0 Å². The van der Waals surface area contributed by atoms with Gasteiger partial charge in [-0.2, -0.15) is 0 Å². The van der Waals surface area contributed by atoms with Crippen LogP contribution in [0.15, 0.2) is 18.3 Å². The summed E-state index contributed by atoms with van der Waals surface area (Å²) in [5.41, 5.74) is 0.431. The molecule has 15 heavy (non-hydrogen) atoms. The summed E-state index contributed by atoms with van der Waals surface area (Å²) in [4.78, 5) is 9.58. The first kappa shape index (κ1) is 11.8. The maximum Gasteiger partial charge on any atom is 0.235 e. The Balaban J connectivity index is 3.20. The van der Waals surface area contributed by atoms with E-state index >= 15 is 0 Å². The van der Waals surface area contributed by atoms with Crippen molar-refractivity contribution in [3.8, 4) is 5.75 Å². The summed E-state index contributed by atoms with van der Waals surface area (Å²) in [5.74, 6) is 0.394. The third-order valence-electron chi connectivity index (χ3n) is 1.64. The van der Waals surface area contributed by atoms with Crippen LogP contribution in [0.4, 0.5) is 0 Å². The van der Waals surface area contributed by atoms with E-state index in [0.717, 1.165) is 6.20 Å². The van der Waals surface area contributed by atoms with Gasteiger partial charge in [0.15, 0.2) is 0 Å². The van der Waals surface area contributed by atoms with Gasteiger partial charge in [-0.25, -0.2) is 0 Å². The standard InChI is InChI=1S/C9H7Cl2NO3/c1-15-9-5-6(10)4-8(11)7(9)2-3-12(13)14/h2-5H,1H3/b3-2+. The second-order valence-electron chi connectivity index (χ2n) is 2.60. The number of benzene rings is 1. The van der Waals surface area contributed by atoms with Crippen molar-refractivity contribution in [3.05, 3.63) is 44.1 Å². The Morgan fingerprint density at radius 3 is 2.67 bits per heavy atom. The van der Waals surface area contributed by atoms with Gasteiger partial charge in [-0.3, -0.25) is 10.1 Å². The Kier molecular flexibility index (Phi) is 3.94. The Labute approximate surface area is 96.2 Å². The lowest BCUT2D eigenvalue weighted by Crippen LogP contribution is -1.89. The van der Waals surface area contributed by atoms with Crippen molar-refractivity contribution in [1.29, 1.82) is 0 Å². The number of nitrogens with zero attached hydrogens (tertiary/aromatic N) is 1. The number of rotatable bonds is 3. The molecule has 0 amide bonds. The van der Waals surface area contributed by atoms with E-state index in [0.29, 0.717) is 21.4 Å². The van der Waals surface area contributed by atoms with Gasteiger partial charge in [0.2, 0.25) is 6.20 Å². The van der Waals surface area contributed by atoms with E-state index in [1.807, 2.05) is 0 Å². The van der Waals surface area contributed by atoms with E-state index < -0.39 is 4.92 Å². The minimum absolute atomic E-state index is 0.303. The average Bonchev–Trinajstić information content (AvgIpc) is 2.14. The quantitative estimate of drug-likeness (QED) is 0.609. The van der Waals surface area contributed by atoms with Gasteiger partial charge in [0.1, 0.15) is 5.75 Å². The molecule has 0 heterocycles. The molecule has 4 nitrogen and oxygen atoms in total. The lowest BCUT2D eigenvalue weighted by Gasteiger charge is -2.06. The molecule has 1 aromatic carbocycles. The van der Waals surface area contributed by atoms with Crippen molar-refractivity contribution in [1.82, 2.24) is 0 Å². The van der Waals surface area contributed by atoms with Crippen LogP contribution in [0.1, 0.15) is 5.56 Å². The highest BCUT2D eigenvalue weighted by atomic mass is 35.5. The molecule has 1 rings (SSSR count). The largest absolute Gasteiger partial charge is 0.496 e. The molecule has 0 radical (unpaired) electrons. The summed E-state index contributed by atoms with van der Waals surface area (Å²) in [6, 6.07) is 3.03. The summed E-state index contributed by atoms with van der Waals surface area (Å²) in [6.45, 7) is 0. The Hall–Kier alpha value is -1.26. The number of halogens is 2. The van der Waals surface area contributed by atoms with Crippen LogP contribution in [-0.2, 0) is 0 Å². The molecule has 0 unspecified atom stereocenters. The van der Waals surface area contributed by atoms with Crippen molar-refractivity contribution in [2.45, 2.75) is 0 Å². The molecule has 0 fully saturated rings. The second-order valence-corrected chi connectivity index (χ2v) is 3.45. The zero-order valence-corrected chi connectivity index (χ0v) is 9.25. The summed E-state index contributed by atoms with van der Waals surface area (Å²) in [5, 5.41) is 10.9. The number of nitro groups is 1. The van der Waals surface area contributed by atoms with Gasteiger partial charge in [-0.1, -0.05) is 23.2 Å². The van der Waals surface area contributed by atoms with E-state index in [-0.39, 0.29) is 0 Å². The van der Waals surface area contributed by atoms with Crippen molar-refractivity contribution < 1.29 is 9.66 Å². The molecule has 0 atom stereocenters. The molecule has 6 heteroatoms. The van der Waals surface area contributed by atoms with Crippen LogP contribution in [0.25, 0.3) is 6.08 Å². The first-order valence-electron chi connectivity index (χ1n) is 3.89. The van der Waals surface area contributed by atoms with Gasteiger partial charge < -0.3 is 4.74 Å². The maximum absolute atomic E-state index is 10.2. The molecule has 0 aliphatic rings. The predicted octanol–water partition coefficient (Wildman–Crippen LogP) is 3.25. The van der Waals surface area contributed by atoms with Gasteiger partial charge in [-0.15, -0.1) is 0 Å². The van der Waals surface area contributed by atoms with E-state index in [1.165, 1.54) is 25.3 Å². The summed E-state index contributed by atoms with van der Waals surface area (Å²) < 4.78 is 5.00. The first-order chi connectivity index (χ1) is 7.04. The molecule has 0 bridgehead atoms. The van der Waals surface area contributed by atoms with Crippen LogP contribution >= 0.6 is 23.2 Å². The minimum Gasteiger partial charge on any atom is -0.496 e. The molecule has 0 saturated heterocycles. The number of methoxy groups -OCH3 is 1. The third kappa shape index (κ3) is 3.11. The van der Waals surface area contributed by atoms with Gasteiger partial charge in [0, 0.05) is 16.7 Å². The smallest absolute Gasteiger partial charge is 0.235 e. The highest BCUT2D eigenvalue weighted by Gasteiger charge is 2.08. The second kappa shape index (κ2) is 5.00. The lowest BCUT2D eigenvalue weighted by atomic mass is 10.2. The van der Waals surface area contributed by atoms with E-state index in [4.69, 9.17) is 27.9 Å². The zero-order valence-electron chi connectivity index (χ0n) is 7.74. The van der Waals surface area contributed by atoms with Gasteiger partial charge in [0.05, 0.1) is 17.1 Å². The van der Waals surface area contributed by atoms with E-state index in [1.54, 1.807) is 0 Å². The van der Waals surface area contributed by atoms with E-state index in [2.05, 4.69) is 0 Å². The van der Waals surface area contributed by atoms with Crippen LogP contribution in [0, 0.1) is 10.1 Å². The van der Waals surface area contributed by atoms with Crippen molar-refractivity contribution in [2.24, 2.45) is 0 Å². The topological polar surface area (TPSA) is 52.4 Å². The number of hydrogen-bond acceptors (Lipinski definition) is 3. The van der Waals surface area contributed by atoms with Crippen LogP contribution in [-0.4, -0.2) is 12.0 Å². The van der Waals surface area contributed by atoms with Gasteiger partial charge in [-0.05, 0) is 12.1 Å². The highest BCUT2D eigenvalue weighted by Crippen LogP contribution is 2.31. The van der Waals surface area contributed by atoms with Crippen molar-refractivity contribution >= 4 is 29.3 Å². The normalized spacial score (nSPS) is 10.6. The Morgan fingerprint density at radius 2 is 2.13 bits per heavy atom. The van der Waals surface area contributed by atoms with Crippen molar-refractivity contribution in [2.75, 3.05) is 7.11 Å². The van der Waals surface area contributed by atoms with Gasteiger partial charge >= 0.3 is 0 Å². The Morgan fingerprint density at radius 1 is 1.47 bits per heavy atom. The van der Waals surface area contributed by atoms with Crippen molar-refractivity contribution in [3.63, 3.8) is 0 Å². The van der Waals surface area contributed by atoms with Crippen LogP contribution < -0.4 is 4.74 Å². The van der Waals surface area contributed by atoms with Crippen LogP contribution in [0.5, 0.6) is 5.75 Å². The molecule has 0 spiro atoms. The fraction of sp³-hybridized carbons (Fsp3) is 0.111. The summed E-state index contributed by atoms with van der Waals surface area (Å²) in [7, 11) is 1.44. The number of ether oxygens (including phenoxy) is 1. The Bertz CT molecular complexity index is 418. The molecule has 0 aliphatic heterocycles. The maximum atomic E-state index is 10.2. The van der Waals surface area contributed by atoms with Crippen LogP contribution in [0.2, 0.25) is 10.0 Å². The van der Waals surface area contributed by atoms with Crippen LogP contribution in [0.3, 0.4) is 0 Å². The fourth-order valence-corrected chi connectivity index (χ4v) is 1.56. The lowest BCUT2D eigenvalue weighted by molar-refractivity contribution is -0.400. The predicted molar refractivity (Wildman–Crippen MR) is 59.0 cm³/mol. The molecule has 0 saturated carbocycles. The molecule has 0 N–H and O–H groups in total.